The maximum Gasteiger partial charge on any atom is 0.339 e. The number of hydrogen-bond donors (Lipinski definition) is 2. The number of hydrogen-bond acceptors (Lipinski definition) is 4. The van der Waals surface area contributed by atoms with E-state index < -0.39 is 5.97 Å². The highest BCUT2D eigenvalue weighted by molar-refractivity contribution is 7.80. The Bertz CT molecular complexity index is 890. The molecule has 0 saturated carbocycles. The van der Waals surface area contributed by atoms with E-state index in [1.165, 1.54) is 11.3 Å². The van der Waals surface area contributed by atoms with Gasteiger partial charge in [0.05, 0.1) is 17.2 Å². The highest BCUT2D eigenvalue weighted by atomic mass is 35.5. The Morgan fingerprint density at radius 1 is 1.31 bits per heavy atom. The van der Waals surface area contributed by atoms with Crippen LogP contribution in [0.15, 0.2) is 42.5 Å². The standard InChI is InChI=1S/C22H26ClN3O2S/c1-3-28-21(27)18-14-17(9-10-19(18)23)25-22(29)24-11-6-12-26-15(2)13-16-7-4-5-8-20(16)26/h4-5,7-10,14-15H,3,6,11-13H2,1-2H3,(H2,24,25,29)/t15-/m1/s1. The molecule has 2 aromatic rings. The predicted molar refractivity (Wildman–Crippen MR) is 123 cm³/mol. The monoisotopic (exact) mass is 431 g/mol. The number of para-hydroxylation sites is 1. The molecule has 1 atom stereocenters. The Morgan fingerprint density at radius 3 is 2.90 bits per heavy atom. The van der Waals surface area contributed by atoms with Crippen molar-refractivity contribution in [3.63, 3.8) is 0 Å². The number of halogens is 1. The first-order valence-electron chi connectivity index (χ1n) is 9.85. The minimum atomic E-state index is -0.444. The number of nitrogens with one attached hydrogen (secondary N) is 2. The van der Waals surface area contributed by atoms with E-state index in [2.05, 4.69) is 46.7 Å². The van der Waals surface area contributed by atoms with E-state index in [0.29, 0.717) is 34.0 Å². The molecule has 7 heteroatoms. The van der Waals surface area contributed by atoms with Crippen molar-refractivity contribution in [3.05, 3.63) is 58.6 Å². The van der Waals surface area contributed by atoms with Gasteiger partial charge >= 0.3 is 5.97 Å². The van der Waals surface area contributed by atoms with Crippen molar-refractivity contribution >= 4 is 46.3 Å². The van der Waals surface area contributed by atoms with Gasteiger partial charge in [-0.05, 0) is 68.7 Å². The summed E-state index contributed by atoms with van der Waals surface area (Å²) >= 11 is 11.5. The fourth-order valence-corrected chi connectivity index (χ4v) is 3.98. The first-order valence-corrected chi connectivity index (χ1v) is 10.6. The number of esters is 1. The number of carbonyl (C=O) groups is 1. The highest BCUT2D eigenvalue weighted by Crippen LogP contribution is 2.31. The Hall–Kier alpha value is -2.31. The molecule has 1 heterocycles. The molecule has 0 spiro atoms. The van der Waals surface area contributed by atoms with Crippen molar-refractivity contribution in [2.45, 2.75) is 32.7 Å². The fourth-order valence-electron chi connectivity index (χ4n) is 3.57. The van der Waals surface area contributed by atoms with Crippen LogP contribution in [-0.4, -0.2) is 36.8 Å². The average Bonchev–Trinajstić information content (AvgIpc) is 3.02. The van der Waals surface area contributed by atoms with Crippen LogP contribution in [0.2, 0.25) is 5.02 Å². The molecule has 1 aliphatic rings. The smallest absolute Gasteiger partial charge is 0.339 e. The third kappa shape index (κ3) is 5.40. The molecular weight excluding hydrogens is 406 g/mol. The summed E-state index contributed by atoms with van der Waals surface area (Å²) in [7, 11) is 0. The molecular formula is C22H26ClN3O2S. The van der Waals surface area contributed by atoms with Gasteiger partial charge in [-0.25, -0.2) is 4.79 Å². The molecule has 2 N–H and O–H groups in total. The lowest BCUT2D eigenvalue weighted by molar-refractivity contribution is 0.0526. The summed E-state index contributed by atoms with van der Waals surface area (Å²) in [6.07, 6.45) is 2.07. The maximum atomic E-state index is 12.0. The van der Waals surface area contributed by atoms with Crippen LogP contribution in [-0.2, 0) is 11.2 Å². The van der Waals surface area contributed by atoms with Gasteiger partial charge in [-0.3, -0.25) is 0 Å². The summed E-state index contributed by atoms with van der Waals surface area (Å²) in [5.41, 5.74) is 3.78. The van der Waals surface area contributed by atoms with Crippen molar-refractivity contribution in [2.24, 2.45) is 0 Å². The number of rotatable bonds is 7. The van der Waals surface area contributed by atoms with E-state index in [1.807, 2.05) is 0 Å². The van der Waals surface area contributed by atoms with Gasteiger partial charge in [0.2, 0.25) is 0 Å². The average molecular weight is 432 g/mol. The Labute approximate surface area is 182 Å². The predicted octanol–water partition coefficient (Wildman–Crippen LogP) is 4.64. The summed E-state index contributed by atoms with van der Waals surface area (Å²) in [5, 5.41) is 7.19. The molecule has 0 bridgehead atoms. The number of carbonyl (C=O) groups excluding carboxylic acids is 1. The largest absolute Gasteiger partial charge is 0.462 e. The van der Waals surface area contributed by atoms with Crippen LogP contribution in [0.4, 0.5) is 11.4 Å². The van der Waals surface area contributed by atoms with E-state index in [0.717, 1.165) is 25.9 Å². The summed E-state index contributed by atoms with van der Waals surface area (Å²) in [6.45, 7) is 6.06. The van der Waals surface area contributed by atoms with Gasteiger partial charge in [-0.2, -0.15) is 0 Å². The zero-order chi connectivity index (χ0) is 20.8. The zero-order valence-electron chi connectivity index (χ0n) is 16.7. The van der Waals surface area contributed by atoms with Gasteiger partial charge < -0.3 is 20.3 Å². The number of anilines is 2. The van der Waals surface area contributed by atoms with Gasteiger partial charge in [0.15, 0.2) is 5.11 Å². The molecule has 5 nitrogen and oxygen atoms in total. The van der Waals surface area contributed by atoms with Crippen molar-refractivity contribution < 1.29 is 9.53 Å². The molecule has 0 aliphatic carbocycles. The molecule has 3 rings (SSSR count). The van der Waals surface area contributed by atoms with Crippen LogP contribution in [0.3, 0.4) is 0 Å². The molecule has 2 aromatic carbocycles. The van der Waals surface area contributed by atoms with Gasteiger partial charge in [0.25, 0.3) is 0 Å². The van der Waals surface area contributed by atoms with Crippen LogP contribution in [0.5, 0.6) is 0 Å². The van der Waals surface area contributed by atoms with Gasteiger partial charge in [-0.1, -0.05) is 29.8 Å². The van der Waals surface area contributed by atoms with Crippen molar-refractivity contribution in [3.8, 4) is 0 Å². The summed E-state index contributed by atoms with van der Waals surface area (Å²) in [5.74, 6) is -0.444. The molecule has 29 heavy (non-hydrogen) atoms. The van der Waals surface area contributed by atoms with Crippen molar-refractivity contribution in [1.29, 1.82) is 0 Å². The third-order valence-electron chi connectivity index (χ3n) is 4.93. The maximum absolute atomic E-state index is 12.0. The molecule has 0 aromatic heterocycles. The van der Waals surface area contributed by atoms with Crippen LogP contribution in [0.1, 0.15) is 36.2 Å². The summed E-state index contributed by atoms with van der Waals surface area (Å²) < 4.78 is 5.03. The summed E-state index contributed by atoms with van der Waals surface area (Å²) in [4.78, 5) is 14.4. The molecule has 1 aliphatic heterocycles. The highest BCUT2D eigenvalue weighted by Gasteiger charge is 2.24. The fraction of sp³-hybridized carbons (Fsp3) is 0.364. The van der Waals surface area contributed by atoms with Crippen LogP contribution in [0, 0.1) is 0 Å². The third-order valence-corrected chi connectivity index (χ3v) is 5.51. The molecule has 0 saturated heterocycles. The number of benzene rings is 2. The topological polar surface area (TPSA) is 53.6 Å². The Balaban J connectivity index is 1.47. The van der Waals surface area contributed by atoms with Crippen LogP contribution >= 0.6 is 23.8 Å². The van der Waals surface area contributed by atoms with Gasteiger partial charge in [0, 0.05) is 30.5 Å². The van der Waals surface area contributed by atoms with Crippen LogP contribution in [0.25, 0.3) is 0 Å². The number of thiocarbonyl (C=S) groups is 1. The lowest BCUT2D eigenvalue weighted by Crippen LogP contribution is -2.34. The van der Waals surface area contributed by atoms with E-state index in [1.54, 1.807) is 25.1 Å². The molecule has 0 radical (unpaired) electrons. The first-order chi connectivity index (χ1) is 14.0. The molecule has 0 amide bonds. The second kappa shape index (κ2) is 9.94. The normalized spacial score (nSPS) is 15.0. The second-order valence-electron chi connectivity index (χ2n) is 7.02. The van der Waals surface area contributed by atoms with Crippen molar-refractivity contribution in [1.82, 2.24) is 5.32 Å². The Kier molecular flexibility index (Phi) is 7.34. The number of ether oxygens (including phenoxy) is 1. The lowest BCUT2D eigenvalue weighted by Gasteiger charge is -2.25. The second-order valence-corrected chi connectivity index (χ2v) is 7.84. The summed E-state index contributed by atoms with van der Waals surface area (Å²) in [6, 6.07) is 14.2. The van der Waals surface area contributed by atoms with Crippen molar-refractivity contribution in [2.75, 3.05) is 29.9 Å². The quantitative estimate of drug-likeness (QED) is 0.378. The Morgan fingerprint density at radius 2 is 2.10 bits per heavy atom. The van der Waals surface area contributed by atoms with E-state index in [-0.39, 0.29) is 0 Å². The molecule has 0 unspecified atom stereocenters. The molecule has 0 fully saturated rings. The first kappa shape index (κ1) is 21.4. The minimum Gasteiger partial charge on any atom is -0.462 e. The SMILES string of the molecule is CCOC(=O)c1cc(NC(=S)NCCCN2c3ccccc3C[C@H]2C)ccc1Cl. The van der Waals surface area contributed by atoms with Crippen LogP contribution < -0.4 is 15.5 Å². The number of fused-ring (bicyclic) bond motifs is 1. The van der Waals surface area contributed by atoms with E-state index in [9.17, 15) is 4.79 Å². The number of nitrogens with zero attached hydrogens (tertiary/aromatic N) is 1. The zero-order valence-corrected chi connectivity index (χ0v) is 18.3. The minimum absolute atomic E-state index is 0.299. The van der Waals surface area contributed by atoms with Gasteiger partial charge in [0.1, 0.15) is 0 Å². The lowest BCUT2D eigenvalue weighted by atomic mass is 10.1. The van der Waals surface area contributed by atoms with E-state index >= 15 is 0 Å². The molecule has 154 valence electrons. The van der Waals surface area contributed by atoms with E-state index in [4.69, 9.17) is 28.6 Å². The van der Waals surface area contributed by atoms with Gasteiger partial charge in [-0.15, -0.1) is 0 Å².